The van der Waals surface area contributed by atoms with E-state index in [-0.39, 0.29) is 42.8 Å². The molecule has 4 rings (SSSR count). The molecule has 0 radical (unpaired) electrons. The summed E-state index contributed by atoms with van der Waals surface area (Å²) < 4.78 is 23.1. The lowest BCUT2D eigenvalue weighted by molar-refractivity contribution is -0.223. The third-order valence-corrected chi connectivity index (χ3v) is 9.49. The maximum absolute atomic E-state index is 17.2. The van der Waals surface area contributed by atoms with Gasteiger partial charge in [0.2, 0.25) is 0 Å². The van der Waals surface area contributed by atoms with E-state index in [1.165, 1.54) is 6.08 Å². The van der Waals surface area contributed by atoms with Gasteiger partial charge < -0.3 is 9.84 Å². The number of rotatable bonds is 4. The number of aliphatic hydroxyl groups is 1. The maximum Gasteiger partial charge on any atom is 0.306 e. The first-order valence-corrected chi connectivity index (χ1v) is 12.1. The predicted molar refractivity (Wildman–Crippen MR) is 118 cm³/mol. The van der Waals surface area contributed by atoms with Gasteiger partial charge in [0.05, 0.1) is 12.0 Å². The van der Waals surface area contributed by atoms with Gasteiger partial charge in [-0.3, -0.25) is 14.4 Å². The van der Waals surface area contributed by atoms with Crippen molar-refractivity contribution in [2.75, 3.05) is 5.88 Å². The van der Waals surface area contributed by atoms with E-state index in [1.54, 1.807) is 19.9 Å². The number of hydrogen-bond acceptors (Lipinski definition) is 5. The van der Waals surface area contributed by atoms with E-state index in [0.29, 0.717) is 18.4 Å². The van der Waals surface area contributed by atoms with Crippen LogP contribution in [0.1, 0.15) is 59.8 Å². The highest BCUT2D eigenvalue weighted by Crippen LogP contribution is 2.71. The molecule has 5 nitrogen and oxygen atoms in total. The number of ether oxygens (including phenoxy) is 1. The van der Waals surface area contributed by atoms with Crippen LogP contribution in [0.2, 0.25) is 0 Å². The fourth-order valence-electron chi connectivity index (χ4n) is 7.66. The molecule has 0 aromatic heterocycles. The highest BCUT2D eigenvalue weighted by molar-refractivity contribution is 6.29. The first-order valence-electron chi connectivity index (χ1n) is 11.5. The van der Waals surface area contributed by atoms with Gasteiger partial charge in [0.1, 0.15) is 0 Å². The second kappa shape index (κ2) is 7.49. The molecule has 1 N–H and O–H groups in total. The van der Waals surface area contributed by atoms with Gasteiger partial charge in [-0.2, -0.15) is 0 Å². The minimum absolute atomic E-state index is 0.0285. The number of fused-ring (bicyclic) bond motifs is 5. The van der Waals surface area contributed by atoms with Gasteiger partial charge in [-0.25, -0.2) is 4.39 Å². The van der Waals surface area contributed by atoms with Gasteiger partial charge in [-0.15, -0.1) is 11.6 Å². The van der Waals surface area contributed by atoms with E-state index >= 15 is 4.39 Å². The van der Waals surface area contributed by atoms with Crippen molar-refractivity contribution in [3.05, 3.63) is 23.8 Å². The maximum atomic E-state index is 17.2. The number of alkyl halides is 2. The van der Waals surface area contributed by atoms with Gasteiger partial charge in [-0.05, 0) is 38.2 Å². The monoisotopic (exact) mass is 466 g/mol. The van der Waals surface area contributed by atoms with Gasteiger partial charge in [0.25, 0.3) is 0 Å². The molecule has 0 amide bonds. The van der Waals surface area contributed by atoms with E-state index in [4.69, 9.17) is 16.3 Å². The lowest BCUT2D eigenvalue weighted by Crippen LogP contribution is -2.69. The van der Waals surface area contributed by atoms with Crippen LogP contribution >= 0.6 is 11.6 Å². The van der Waals surface area contributed by atoms with Crippen molar-refractivity contribution in [2.24, 2.45) is 28.6 Å². The Kier molecular flexibility index (Phi) is 5.53. The summed E-state index contributed by atoms with van der Waals surface area (Å²) in [7, 11) is 0. The lowest BCUT2D eigenvalue weighted by atomic mass is 9.45. The minimum atomic E-state index is -1.99. The quantitative estimate of drug-likeness (QED) is 0.383. The van der Waals surface area contributed by atoms with E-state index < -0.39 is 45.9 Å². The summed E-state index contributed by atoms with van der Waals surface area (Å²) in [6.45, 7) is 7.12. The minimum Gasteiger partial charge on any atom is -0.450 e. The normalized spacial score (nSPS) is 47.2. The molecule has 8 atom stereocenters. The first-order chi connectivity index (χ1) is 14.9. The van der Waals surface area contributed by atoms with Gasteiger partial charge in [-0.1, -0.05) is 38.5 Å². The van der Waals surface area contributed by atoms with Crippen molar-refractivity contribution >= 4 is 29.1 Å². The Morgan fingerprint density at radius 2 is 2.00 bits per heavy atom. The summed E-state index contributed by atoms with van der Waals surface area (Å²) in [6, 6.07) is 0. The van der Waals surface area contributed by atoms with Gasteiger partial charge in [0.15, 0.2) is 22.8 Å². The molecule has 4 aliphatic carbocycles. The molecule has 4 aliphatic rings. The highest BCUT2D eigenvalue weighted by atomic mass is 35.5. The number of aliphatic hydroxyl groups excluding tert-OH is 1. The number of allylic oxidation sites excluding steroid dienone is 4. The summed E-state index contributed by atoms with van der Waals surface area (Å²) >= 11 is 6.01. The van der Waals surface area contributed by atoms with Crippen molar-refractivity contribution in [1.82, 2.24) is 0 Å². The third kappa shape index (κ3) is 2.68. The van der Waals surface area contributed by atoms with Crippen LogP contribution in [0.4, 0.5) is 4.39 Å². The summed E-state index contributed by atoms with van der Waals surface area (Å²) in [5, 5.41) is 11.4. The van der Waals surface area contributed by atoms with Crippen LogP contribution in [0.25, 0.3) is 0 Å². The van der Waals surface area contributed by atoms with Crippen molar-refractivity contribution in [3.63, 3.8) is 0 Å². The standard InChI is InChI=1S/C25H32ClFO5/c1-5-21(31)32-25(20(30)13-26)14(2)10-18-17-7-6-15-11-16(28)8-9-22(15,3)24(17,27)19(29)12-23(18,25)4/h6,8-9,14,17-19,29H,5,7,10-13H2,1-4H3/t14-,17-,18-,19-,22-,23-,24-,25-/m0/s1. The summed E-state index contributed by atoms with van der Waals surface area (Å²) in [4.78, 5) is 37.7. The number of ketones is 2. The fraction of sp³-hybridized carbons (Fsp3) is 0.720. The molecule has 2 fully saturated rings. The van der Waals surface area contributed by atoms with Crippen molar-refractivity contribution in [3.8, 4) is 0 Å². The number of carbonyl (C=O) groups is 3. The van der Waals surface area contributed by atoms with E-state index in [2.05, 4.69) is 0 Å². The van der Waals surface area contributed by atoms with E-state index in [9.17, 15) is 19.5 Å². The van der Waals surface area contributed by atoms with Crippen LogP contribution in [-0.2, 0) is 19.1 Å². The van der Waals surface area contributed by atoms with Crippen LogP contribution in [0, 0.1) is 28.6 Å². The number of Topliss-reactive ketones (excluding diaryl/α,β-unsaturated/α-hetero) is 1. The van der Waals surface area contributed by atoms with Gasteiger partial charge in [0, 0.05) is 35.5 Å². The summed E-state index contributed by atoms with van der Waals surface area (Å²) in [5.41, 5.74) is -4.85. The Hall–Kier alpha value is -1.53. The predicted octanol–water partition coefficient (Wildman–Crippen LogP) is 4.10. The topological polar surface area (TPSA) is 80.7 Å². The molecule has 0 aromatic carbocycles. The highest BCUT2D eigenvalue weighted by Gasteiger charge is 2.76. The molecule has 32 heavy (non-hydrogen) atoms. The molecule has 0 unspecified atom stereocenters. The number of esters is 1. The smallest absolute Gasteiger partial charge is 0.306 e. The molecule has 176 valence electrons. The van der Waals surface area contributed by atoms with Crippen molar-refractivity contribution < 1.29 is 28.6 Å². The fourth-order valence-corrected chi connectivity index (χ4v) is 7.85. The first kappa shape index (κ1) is 23.6. The van der Waals surface area contributed by atoms with Crippen molar-refractivity contribution in [2.45, 2.75) is 77.2 Å². The number of halogens is 2. The van der Waals surface area contributed by atoms with Crippen molar-refractivity contribution in [1.29, 1.82) is 0 Å². The molecule has 0 bridgehead atoms. The molecule has 0 saturated heterocycles. The van der Waals surface area contributed by atoms with Crippen LogP contribution in [0.15, 0.2) is 23.8 Å². The Morgan fingerprint density at radius 3 is 2.62 bits per heavy atom. The summed E-state index contributed by atoms with van der Waals surface area (Å²) in [5.74, 6) is -2.54. The largest absolute Gasteiger partial charge is 0.450 e. The third-order valence-electron chi connectivity index (χ3n) is 9.24. The lowest BCUT2D eigenvalue weighted by Gasteiger charge is -2.62. The number of carbonyl (C=O) groups excluding carboxylic acids is 3. The summed E-state index contributed by atoms with van der Waals surface area (Å²) in [6.07, 6.45) is 4.65. The molecule has 2 saturated carbocycles. The second-order valence-electron chi connectivity index (χ2n) is 10.5. The molecule has 0 spiro atoms. The molecule has 0 heterocycles. The average Bonchev–Trinajstić information content (AvgIpc) is 2.96. The Morgan fingerprint density at radius 1 is 1.31 bits per heavy atom. The van der Waals surface area contributed by atoms with E-state index in [1.807, 2.05) is 19.9 Å². The Labute approximate surface area is 193 Å². The average molecular weight is 467 g/mol. The zero-order valence-electron chi connectivity index (χ0n) is 19.1. The second-order valence-corrected chi connectivity index (χ2v) is 10.8. The van der Waals surface area contributed by atoms with Gasteiger partial charge >= 0.3 is 5.97 Å². The number of hydrogen-bond donors (Lipinski definition) is 1. The molecule has 0 aliphatic heterocycles. The Bertz CT molecular complexity index is 929. The molecule has 0 aromatic rings. The van der Waals surface area contributed by atoms with Crippen LogP contribution in [0.3, 0.4) is 0 Å². The van der Waals surface area contributed by atoms with Crippen LogP contribution < -0.4 is 0 Å². The molecular formula is C25H32ClFO5. The Balaban J connectivity index is 1.86. The molecule has 7 heteroatoms. The molecular weight excluding hydrogens is 435 g/mol. The van der Waals surface area contributed by atoms with Crippen LogP contribution in [-0.4, -0.2) is 45.9 Å². The van der Waals surface area contributed by atoms with E-state index in [0.717, 1.165) is 0 Å². The van der Waals surface area contributed by atoms with Crippen LogP contribution in [0.5, 0.6) is 0 Å². The zero-order valence-corrected chi connectivity index (χ0v) is 19.9. The SMILES string of the molecule is CCC(=O)O[C@]1(C(=O)CCl)[C@@H](C)C[C@H]2[C@@H]3CC=C4CC(=O)C=C[C@]4(C)[C@@]3(F)[C@@H](O)C[C@@]21C. The zero-order chi connectivity index (χ0) is 23.7.